The molecule has 15 heavy (non-hydrogen) atoms. The van der Waals surface area contributed by atoms with Gasteiger partial charge in [-0.1, -0.05) is 24.3 Å². The zero-order valence-corrected chi connectivity index (χ0v) is 8.99. The zero-order chi connectivity index (χ0) is 11.1. The second kappa shape index (κ2) is 6.19. The van der Waals surface area contributed by atoms with E-state index >= 15 is 0 Å². The van der Waals surface area contributed by atoms with Gasteiger partial charge in [-0.05, 0) is 31.0 Å². The van der Waals surface area contributed by atoms with E-state index in [1.165, 1.54) is 11.1 Å². The Balaban J connectivity index is 2.21. The van der Waals surface area contributed by atoms with E-state index in [0.717, 1.165) is 13.1 Å². The quantitative estimate of drug-likeness (QED) is 0.701. The van der Waals surface area contributed by atoms with Crippen LogP contribution in [-0.4, -0.2) is 17.6 Å². The van der Waals surface area contributed by atoms with E-state index in [0.29, 0.717) is 6.42 Å². The minimum absolute atomic E-state index is 0.237. The molecule has 0 atom stereocenters. The smallest absolute Gasteiger partial charge is 0.303 e. The number of benzene rings is 1. The summed E-state index contributed by atoms with van der Waals surface area (Å²) in [4.78, 5) is 10.3. The molecule has 0 aliphatic heterocycles. The predicted molar refractivity (Wildman–Crippen MR) is 59.8 cm³/mol. The second-order valence-electron chi connectivity index (χ2n) is 3.60. The lowest BCUT2D eigenvalue weighted by Crippen LogP contribution is -2.16. The van der Waals surface area contributed by atoms with Crippen LogP contribution in [0.3, 0.4) is 0 Å². The molecule has 0 unspecified atom stereocenters. The zero-order valence-electron chi connectivity index (χ0n) is 8.99. The van der Waals surface area contributed by atoms with Crippen LogP contribution in [0.15, 0.2) is 24.3 Å². The maximum atomic E-state index is 10.3. The van der Waals surface area contributed by atoms with Crippen LogP contribution in [0.25, 0.3) is 0 Å². The van der Waals surface area contributed by atoms with Gasteiger partial charge in [0.15, 0.2) is 0 Å². The van der Waals surface area contributed by atoms with Crippen LogP contribution >= 0.6 is 0 Å². The van der Waals surface area contributed by atoms with E-state index in [9.17, 15) is 4.79 Å². The molecular weight excluding hydrogens is 190 g/mol. The van der Waals surface area contributed by atoms with E-state index in [-0.39, 0.29) is 6.42 Å². The van der Waals surface area contributed by atoms with Crippen LogP contribution < -0.4 is 5.32 Å². The Kier molecular flexibility index (Phi) is 4.84. The van der Waals surface area contributed by atoms with E-state index in [1.54, 1.807) is 0 Å². The van der Waals surface area contributed by atoms with Crippen molar-refractivity contribution >= 4 is 5.97 Å². The lowest BCUT2D eigenvalue weighted by molar-refractivity contribution is -0.137. The van der Waals surface area contributed by atoms with Gasteiger partial charge in [0.05, 0.1) is 0 Å². The molecule has 0 amide bonds. The van der Waals surface area contributed by atoms with Crippen molar-refractivity contribution in [3.8, 4) is 0 Å². The highest BCUT2D eigenvalue weighted by Gasteiger charge is 1.98. The van der Waals surface area contributed by atoms with Crippen LogP contribution in [0, 0.1) is 6.92 Å². The van der Waals surface area contributed by atoms with Crippen LogP contribution in [0.4, 0.5) is 0 Å². The van der Waals surface area contributed by atoms with Gasteiger partial charge in [-0.2, -0.15) is 0 Å². The molecular formula is C12H17NO2. The predicted octanol–water partition coefficient (Wildman–Crippen LogP) is 1.95. The Labute approximate surface area is 90.1 Å². The maximum Gasteiger partial charge on any atom is 0.303 e. The van der Waals surface area contributed by atoms with E-state index in [1.807, 2.05) is 12.1 Å². The molecule has 3 nitrogen and oxygen atoms in total. The Morgan fingerprint density at radius 1 is 1.40 bits per heavy atom. The third kappa shape index (κ3) is 4.61. The normalized spacial score (nSPS) is 10.2. The van der Waals surface area contributed by atoms with Gasteiger partial charge in [0, 0.05) is 13.0 Å². The van der Waals surface area contributed by atoms with Crippen LogP contribution in [-0.2, 0) is 11.3 Å². The molecule has 0 radical (unpaired) electrons. The van der Waals surface area contributed by atoms with Crippen molar-refractivity contribution in [3.05, 3.63) is 35.4 Å². The molecule has 2 N–H and O–H groups in total. The molecule has 0 bridgehead atoms. The van der Waals surface area contributed by atoms with Gasteiger partial charge in [-0.25, -0.2) is 0 Å². The summed E-state index contributed by atoms with van der Waals surface area (Å²) >= 11 is 0. The fourth-order valence-electron chi connectivity index (χ4n) is 1.40. The molecule has 0 spiro atoms. The van der Waals surface area contributed by atoms with Gasteiger partial charge in [0.2, 0.25) is 0 Å². The van der Waals surface area contributed by atoms with Gasteiger partial charge >= 0.3 is 5.97 Å². The van der Waals surface area contributed by atoms with Crippen LogP contribution in [0.5, 0.6) is 0 Å². The number of carbonyl (C=O) groups is 1. The Morgan fingerprint density at radius 3 is 2.80 bits per heavy atom. The van der Waals surface area contributed by atoms with Crippen molar-refractivity contribution < 1.29 is 9.90 Å². The number of nitrogens with one attached hydrogen (secondary N) is 1. The van der Waals surface area contributed by atoms with Crippen LogP contribution in [0.1, 0.15) is 24.0 Å². The Bertz CT molecular complexity index is 323. The van der Waals surface area contributed by atoms with Gasteiger partial charge < -0.3 is 10.4 Å². The van der Waals surface area contributed by atoms with E-state index in [4.69, 9.17) is 5.11 Å². The molecule has 0 aromatic heterocycles. The van der Waals surface area contributed by atoms with Crippen molar-refractivity contribution in [3.63, 3.8) is 0 Å². The summed E-state index contributed by atoms with van der Waals surface area (Å²) in [6, 6.07) is 8.19. The summed E-state index contributed by atoms with van der Waals surface area (Å²) in [6.45, 7) is 3.64. The third-order valence-electron chi connectivity index (χ3n) is 2.32. The molecule has 1 aromatic rings. The van der Waals surface area contributed by atoms with Gasteiger partial charge in [-0.3, -0.25) is 4.79 Å². The number of hydrogen-bond donors (Lipinski definition) is 2. The molecule has 82 valence electrons. The first-order chi connectivity index (χ1) is 7.20. The minimum atomic E-state index is -0.729. The maximum absolute atomic E-state index is 10.3. The summed E-state index contributed by atoms with van der Waals surface area (Å²) < 4.78 is 0. The molecule has 1 rings (SSSR count). The number of carboxylic acids is 1. The number of carboxylic acid groups (broad SMARTS) is 1. The van der Waals surface area contributed by atoms with Crippen molar-refractivity contribution in [2.24, 2.45) is 0 Å². The number of aliphatic carboxylic acids is 1. The molecule has 3 heteroatoms. The SMILES string of the molecule is Cc1ccccc1CNCCCC(=O)O. The van der Waals surface area contributed by atoms with Crippen molar-refractivity contribution in [2.45, 2.75) is 26.3 Å². The molecule has 0 saturated carbocycles. The van der Waals surface area contributed by atoms with Gasteiger partial charge in [0.1, 0.15) is 0 Å². The molecule has 0 fully saturated rings. The molecule has 0 saturated heterocycles. The lowest BCUT2D eigenvalue weighted by Gasteiger charge is -2.06. The summed E-state index contributed by atoms with van der Waals surface area (Å²) in [5.74, 6) is -0.729. The van der Waals surface area contributed by atoms with Gasteiger partial charge in [0.25, 0.3) is 0 Å². The Morgan fingerprint density at radius 2 is 2.13 bits per heavy atom. The monoisotopic (exact) mass is 207 g/mol. The second-order valence-corrected chi connectivity index (χ2v) is 3.60. The molecule has 0 heterocycles. The number of hydrogen-bond acceptors (Lipinski definition) is 2. The summed E-state index contributed by atoms with van der Waals surface area (Å²) in [5, 5.41) is 11.7. The van der Waals surface area contributed by atoms with Crippen molar-refractivity contribution in [1.29, 1.82) is 0 Å². The minimum Gasteiger partial charge on any atom is -0.481 e. The average molecular weight is 207 g/mol. The fraction of sp³-hybridized carbons (Fsp3) is 0.417. The highest BCUT2D eigenvalue weighted by molar-refractivity contribution is 5.66. The molecule has 0 aliphatic rings. The first kappa shape index (κ1) is 11.7. The number of aryl methyl sites for hydroxylation is 1. The van der Waals surface area contributed by atoms with E-state index < -0.39 is 5.97 Å². The number of rotatable bonds is 6. The van der Waals surface area contributed by atoms with Crippen LogP contribution in [0.2, 0.25) is 0 Å². The first-order valence-corrected chi connectivity index (χ1v) is 5.17. The summed E-state index contributed by atoms with van der Waals surface area (Å²) in [6.07, 6.45) is 0.919. The lowest BCUT2D eigenvalue weighted by atomic mass is 10.1. The Hall–Kier alpha value is -1.35. The summed E-state index contributed by atoms with van der Waals surface area (Å²) in [7, 11) is 0. The highest BCUT2D eigenvalue weighted by Crippen LogP contribution is 2.05. The first-order valence-electron chi connectivity index (χ1n) is 5.17. The standard InChI is InChI=1S/C12H17NO2/c1-10-5-2-3-6-11(10)9-13-8-4-7-12(14)15/h2-3,5-6,13H,4,7-9H2,1H3,(H,14,15). The van der Waals surface area contributed by atoms with Crippen molar-refractivity contribution in [2.75, 3.05) is 6.54 Å². The van der Waals surface area contributed by atoms with Gasteiger partial charge in [-0.15, -0.1) is 0 Å². The largest absolute Gasteiger partial charge is 0.481 e. The fourth-order valence-corrected chi connectivity index (χ4v) is 1.40. The average Bonchev–Trinajstić information content (AvgIpc) is 2.20. The topological polar surface area (TPSA) is 49.3 Å². The van der Waals surface area contributed by atoms with Crippen molar-refractivity contribution in [1.82, 2.24) is 5.32 Å². The molecule has 1 aromatic carbocycles. The third-order valence-corrected chi connectivity index (χ3v) is 2.32. The highest BCUT2D eigenvalue weighted by atomic mass is 16.4. The molecule has 0 aliphatic carbocycles. The summed E-state index contributed by atoms with van der Waals surface area (Å²) in [5.41, 5.74) is 2.54. The van der Waals surface area contributed by atoms with E-state index in [2.05, 4.69) is 24.4 Å².